The van der Waals surface area contributed by atoms with E-state index in [1.54, 1.807) is 0 Å². The van der Waals surface area contributed by atoms with E-state index in [1.807, 2.05) is 25.1 Å². The lowest BCUT2D eigenvalue weighted by molar-refractivity contribution is 0.722. The Kier molecular flexibility index (Phi) is 5.21. The molecular formula is C17H19ClN2S. The van der Waals surface area contributed by atoms with Crippen LogP contribution in [-0.4, -0.2) is 5.11 Å². The minimum absolute atomic E-state index is 0.145. The highest BCUT2D eigenvalue weighted by Crippen LogP contribution is 2.20. The van der Waals surface area contributed by atoms with E-state index in [0.29, 0.717) is 5.11 Å². The molecule has 2 aromatic carbocycles. The van der Waals surface area contributed by atoms with Gasteiger partial charge in [-0.05, 0) is 56.2 Å². The fourth-order valence-electron chi connectivity index (χ4n) is 1.97. The Morgan fingerprint density at radius 2 is 1.76 bits per heavy atom. The molecule has 0 aliphatic carbocycles. The molecule has 1 unspecified atom stereocenters. The number of nitrogens with one attached hydrogen (secondary N) is 2. The summed E-state index contributed by atoms with van der Waals surface area (Å²) in [5, 5.41) is 7.75. The zero-order valence-corrected chi connectivity index (χ0v) is 14.0. The Labute approximate surface area is 136 Å². The van der Waals surface area contributed by atoms with Crippen LogP contribution >= 0.6 is 23.8 Å². The number of thiocarbonyl (C=S) groups is 1. The topological polar surface area (TPSA) is 24.1 Å². The molecule has 0 fully saturated rings. The van der Waals surface area contributed by atoms with Gasteiger partial charge in [-0.3, -0.25) is 0 Å². The Bertz CT molecular complexity index is 638. The first-order chi connectivity index (χ1) is 9.95. The number of hydrogen-bond donors (Lipinski definition) is 2. The number of halogens is 1. The molecule has 2 N–H and O–H groups in total. The second-order valence-electron chi connectivity index (χ2n) is 5.19. The third-order valence-corrected chi connectivity index (χ3v) is 3.98. The monoisotopic (exact) mass is 318 g/mol. The molecule has 0 amide bonds. The van der Waals surface area contributed by atoms with Crippen LogP contribution in [0.15, 0.2) is 42.5 Å². The van der Waals surface area contributed by atoms with Gasteiger partial charge in [-0.25, -0.2) is 0 Å². The van der Waals surface area contributed by atoms with E-state index in [1.165, 1.54) is 11.1 Å². The molecule has 1 atom stereocenters. The molecule has 0 saturated heterocycles. The van der Waals surface area contributed by atoms with Crippen LogP contribution in [0.4, 0.5) is 5.69 Å². The van der Waals surface area contributed by atoms with E-state index >= 15 is 0 Å². The van der Waals surface area contributed by atoms with Gasteiger partial charge in [0, 0.05) is 10.7 Å². The van der Waals surface area contributed by atoms with E-state index in [2.05, 4.69) is 48.7 Å². The number of aryl methyl sites for hydroxylation is 2. The van der Waals surface area contributed by atoms with Crippen molar-refractivity contribution >= 4 is 34.6 Å². The standard InChI is InChI=1S/C17H19ClN2S/c1-11-4-7-14(8-5-11)13(3)19-17(21)20-15-9-6-12(2)16(18)10-15/h4-10,13H,1-3H3,(H2,19,20,21). The first kappa shape index (κ1) is 15.8. The van der Waals surface area contributed by atoms with Crippen molar-refractivity contribution < 1.29 is 0 Å². The normalized spacial score (nSPS) is 11.8. The van der Waals surface area contributed by atoms with Crippen molar-refractivity contribution in [3.63, 3.8) is 0 Å². The summed E-state index contributed by atoms with van der Waals surface area (Å²) in [6, 6.07) is 14.4. The summed E-state index contributed by atoms with van der Waals surface area (Å²) in [5.41, 5.74) is 4.39. The van der Waals surface area contributed by atoms with Crippen LogP contribution in [0.2, 0.25) is 5.02 Å². The zero-order valence-electron chi connectivity index (χ0n) is 12.4. The number of hydrogen-bond acceptors (Lipinski definition) is 1. The SMILES string of the molecule is Cc1ccc(C(C)NC(=S)Nc2ccc(C)c(Cl)c2)cc1. The minimum Gasteiger partial charge on any atom is -0.356 e. The lowest BCUT2D eigenvalue weighted by Crippen LogP contribution is -2.30. The molecule has 0 saturated carbocycles. The molecule has 0 aliphatic rings. The van der Waals surface area contributed by atoms with Crippen molar-refractivity contribution in [3.8, 4) is 0 Å². The fraction of sp³-hybridized carbons (Fsp3) is 0.235. The summed E-state index contributed by atoms with van der Waals surface area (Å²) >= 11 is 11.5. The third-order valence-electron chi connectivity index (χ3n) is 3.35. The first-order valence-corrected chi connectivity index (χ1v) is 7.64. The highest BCUT2D eigenvalue weighted by molar-refractivity contribution is 7.80. The Balaban J connectivity index is 1.97. The zero-order chi connectivity index (χ0) is 15.4. The van der Waals surface area contributed by atoms with Crippen LogP contribution in [0, 0.1) is 13.8 Å². The molecule has 0 aliphatic heterocycles. The number of benzene rings is 2. The van der Waals surface area contributed by atoms with Gasteiger partial charge < -0.3 is 10.6 Å². The van der Waals surface area contributed by atoms with E-state index in [9.17, 15) is 0 Å². The van der Waals surface area contributed by atoms with Gasteiger partial charge in [0.1, 0.15) is 0 Å². The third kappa shape index (κ3) is 4.45. The maximum Gasteiger partial charge on any atom is 0.171 e. The highest BCUT2D eigenvalue weighted by Gasteiger charge is 2.07. The highest BCUT2D eigenvalue weighted by atomic mass is 35.5. The minimum atomic E-state index is 0.145. The largest absolute Gasteiger partial charge is 0.356 e. The predicted octanol–water partition coefficient (Wildman–Crippen LogP) is 5.00. The van der Waals surface area contributed by atoms with Crippen molar-refractivity contribution in [2.24, 2.45) is 0 Å². The van der Waals surface area contributed by atoms with E-state index in [0.717, 1.165) is 16.3 Å². The van der Waals surface area contributed by atoms with Crippen molar-refractivity contribution in [2.75, 3.05) is 5.32 Å². The smallest absolute Gasteiger partial charge is 0.171 e. The number of anilines is 1. The van der Waals surface area contributed by atoms with Crippen LogP contribution in [0.1, 0.15) is 29.7 Å². The van der Waals surface area contributed by atoms with Gasteiger partial charge in [0.15, 0.2) is 5.11 Å². The van der Waals surface area contributed by atoms with Crippen molar-refractivity contribution in [1.82, 2.24) is 5.32 Å². The second kappa shape index (κ2) is 6.92. The summed E-state index contributed by atoms with van der Waals surface area (Å²) < 4.78 is 0. The summed E-state index contributed by atoms with van der Waals surface area (Å²) in [6.45, 7) is 6.14. The van der Waals surface area contributed by atoms with Crippen LogP contribution in [0.25, 0.3) is 0 Å². The maximum absolute atomic E-state index is 6.11. The van der Waals surface area contributed by atoms with Gasteiger partial charge in [0.2, 0.25) is 0 Å². The van der Waals surface area contributed by atoms with Crippen molar-refractivity contribution in [1.29, 1.82) is 0 Å². The van der Waals surface area contributed by atoms with Crippen molar-refractivity contribution in [2.45, 2.75) is 26.8 Å². The summed E-state index contributed by atoms with van der Waals surface area (Å²) in [6.07, 6.45) is 0. The van der Waals surface area contributed by atoms with E-state index in [4.69, 9.17) is 23.8 Å². The summed E-state index contributed by atoms with van der Waals surface area (Å²) in [5.74, 6) is 0. The quantitative estimate of drug-likeness (QED) is 0.778. The average molecular weight is 319 g/mol. The fourth-order valence-corrected chi connectivity index (χ4v) is 2.45. The first-order valence-electron chi connectivity index (χ1n) is 6.86. The molecule has 0 radical (unpaired) electrons. The van der Waals surface area contributed by atoms with Crippen LogP contribution < -0.4 is 10.6 Å². The summed E-state index contributed by atoms with van der Waals surface area (Å²) in [7, 11) is 0. The van der Waals surface area contributed by atoms with Gasteiger partial charge in [-0.1, -0.05) is 47.5 Å². The predicted molar refractivity (Wildman–Crippen MR) is 95.1 cm³/mol. The molecule has 0 bridgehead atoms. The second-order valence-corrected chi connectivity index (χ2v) is 6.01. The molecule has 110 valence electrons. The van der Waals surface area contributed by atoms with Gasteiger partial charge in [-0.2, -0.15) is 0 Å². The van der Waals surface area contributed by atoms with Crippen LogP contribution in [0.5, 0.6) is 0 Å². The molecule has 0 aromatic heterocycles. The molecule has 2 aromatic rings. The van der Waals surface area contributed by atoms with Crippen molar-refractivity contribution in [3.05, 3.63) is 64.2 Å². The van der Waals surface area contributed by atoms with Crippen LogP contribution in [-0.2, 0) is 0 Å². The molecule has 2 rings (SSSR count). The van der Waals surface area contributed by atoms with E-state index in [-0.39, 0.29) is 6.04 Å². The van der Waals surface area contributed by atoms with Gasteiger partial charge >= 0.3 is 0 Å². The molecule has 2 nitrogen and oxygen atoms in total. The molecule has 21 heavy (non-hydrogen) atoms. The Hall–Kier alpha value is -1.58. The Morgan fingerprint density at radius 3 is 2.38 bits per heavy atom. The lowest BCUT2D eigenvalue weighted by atomic mass is 10.1. The van der Waals surface area contributed by atoms with Gasteiger partial charge in [-0.15, -0.1) is 0 Å². The van der Waals surface area contributed by atoms with Gasteiger partial charge in [0.05, 0.1) is 6.04 Å². The lowest BCUT2D eigenvalue weighted by Gasteiger charge is -2.18. The van der Waals surface area contributed by atoms with Gasteiger partial charge in [0.25, 0.3) is 0 Å². The average Bonchev–Trinajstić information content (AvgIpc) is 2.43. The Morgan fingerprint density at radius 1 is 1.10 bits per heavy atom. The number of rotatable bonds is 3. The molecule has 4 heteroatoms. The maximum atomic E-state index is 6.11. The molecular weight excluding hydrogens is 300 g/mol. The molecule has 0 spiro atoms. The molecule has 0 heterocycles. The van der Waals surface area contributed by atoms with Crippen LogP contribution in [0.3, 0.4) is 0 Å². The summed E-state index contributed by atoms with van der Waals surface area (Å²) in [4.78, 5) is 0. The van der Waals surface area contributed by atoms with E-state index < -0.39 is 0 Å².